The molecule has 0 atom stereocenters. The van der Waals surface area contributed by atoms with Gasteiger partial charge in [0.25, 0.3) is 0 Å². The topological polar surface area (TPSA) is 81.0 Å². The van der Waals surface area contributed by atoms with Crippen molar-refractivity contribution >= 4 is 28.6 Å². The number of pyridine rings is 1. The van der Waals surface area contributed by atoms with E-state index in [9.17, 15) is 0 Å². The van der Waals surface area contributed by atoms with Crippen LogP contribution in [0.3, 0.4) is 0 Å². The van der Waals surface area contributed by atoms with Crippen LogP contribution in [0.1, 0.15) is 24.0 Å². The zero-order valence-corrected chi connectivity index (χ0v) is 18.0. The Morgan fingerprint density at radius 2 is 1.90 bits per heavy atom. The molecule has 0 bridgehead atoms. The molecule has 1 N–H and O–H groups in total. The standard InChI is InChI=1S/C23H25N7O/c1-15-11-17(12-19(31-3)16(15)2)30-13-20(25-14-30)26-23-27-21-18(7-6-8-24-21)22(28-23)29-9-4-5-10-29/h6-8,11-14H,4-5,9-10H2,1-3H3,(H,24,26,27,28). The number of methoxy groups -OCH3 is 1. The monoisotopic (exact) mass is 415 g/mol. The average molecular weight is 416 g/mol. The number of fused-ring (bicyclic) bond motifs is 1. The molecular formula is C23H25N7O. The van der Waals surface area contributed by atoms with Crippen molar-refractivity contribution in [2.24, 2.45) is 0 Å². The predicted octanol–water partition coefficient (Wildman–Crippen LogP) is 4.18. The van der Waals surface area contributed by atoms with E-state index < -0.39 is 0 Å². The van der Waals surface area contributed by atoms with E-state index in [0.717, 1.165) is 46.9 Å². The highest BCUT2D eigenvalue weighted by molar-refractivity contribution is 5.88. The second kappa shape index (κ2) is 7.86. The third kappa shape index (κ3) is 3.65. The first-order valence-electron chi connectivity index (χ1n) is 10.5. The number of aryl methyl sites for hydroxylation is 1. The molecule has 31 heavy (non-hydrogen) atoms. The number of aromatic nitrogens is 5. The van der Waals surface area contributed by atoms with Gasteiger partial charge in [0.2, 0.25) is 5.95 Å². The Kier molecular flexibility index (Phi) is 4.89. The van der Waals surface area contributed by atoms with Crippen molar-refractivity contribution in [3.63, 3.8) is 0 Å². The van der Waals surface area contributed by atoms with Gasteiger partial charge in [-0.15, -0.1) is 0 Å². The summed E-state index contributed by atoms with van der Waals surface area (Å²) in [7, 11) is 1.69. The number of imidazole rings is 1. The van der Waals surface area contributed by atoms with Crippen molar-refractivity contribution in [3.05, 3.63) is 54.1 Å². The van der Waals surface area contributed by atoms with Gasteiger partial charge >= 0.3 is 0 Å². The largest absolute Gasteiger partial charge is 0.496 e. The summed E-state index contributed by atoms with van der Waals surface area (Å²) < 4.78 is 7.47. The van der Waals surface area contributed by atoms with Crippen LogP contribution < -0.4 is 15.0 Å². The Hall–Kier alpha value is -3.68. The van der Waals surface area contributed by atoms with Crippen molar-refractivity contribution < 1.29 is 4.74 Å². The molecule has 5 rings (SSSR count). The van der Waals surface area contributed by atoms with Gasteiger partial charge in [-0.1, -0.05) is 0 Å². The Labute approximate surface area is 180 Å². The summed E-state index contributed by atoms with van der Waals surface area (Å²) in [5, 5.41) is 4.23. The maximum absolute atomic E-state index is 5.51. The highest BCUT2D eigenvalue weighted by Gasteiger charge is 2.19. The molecule has 0 aliphatic carbocycles. The number of nitrogens with one attached hydrogen (secondary N) is 1. The van der Waals surface area contributed by atoms with Gasteiger partial charge in [0.05, 0.1) is 24.4 Å². The molecule has 4 heterocycles. The summed E-state index contributed by atoms with van der Waals surface area (Å²) in [6, 6.07) is 8.08. The first kappa shape index (κ1) is 19.3. The molecule has 1 aliphatic rings. The fraction of sp³-hybridized carbons (Fsp3) is 0.304. The van der Waals surface area contributed by atoms with Gasteiger partial charge in [0.1, 0.15) is 17.9 Å². The third-order valence-corrected chi connectivity index (χ3v) is 5.80. The average Bonchev–Trinajstić information content (AvgIpc) is 3.47. The Morgan fingerprint density at radius 1 is 1.06 bits per heavy atom. The number of nitrogens with zero attached hydrogens (tertiary/aromatic N) is 6. The van der Waals surface area contributed by atoms with Crippen molar-refractivity contribution in [1.29, 1.82) is 0 Å². The van der Waals surface area contributed by atoms with Gasteiger partial charge in [-0.25, -0.2) is 9.97 Å². The predicted molar refractivity (Wildman–Crippen MR) is 122 cm³/mol. The van der Waals surface area contributed by atoms with Crippen molar-refractivity contribution in [2.75, 3.05) is 30.4 Å². The number of hydrogen-bond donors (Lipinski definition) is 1. The van der Waals surface area contributed by atoms with E-state index in [1.165, 1.54) is 12.8 Å². The Morgan fingerprint density at radius 3 is 2.71 bits per heavy atom. The summed E-state index contributed by atoms with van der Waals surface area (Å²) >= 11 is 0. The number of anilines is 3. The van der Waals surface area contributed by atoms with Crippen molar-refractivity contribution in [3.8, 4) is 11.4 Å². The number of ether oxygens (including phenoxy) is 1. The normalized spacial score (nSPS) is 13.7. The summed E-state index contributed by atoms with van der Waals surface area (Å²) in [4.78, 5) is 20.7. The maximum atomic E-state index is 5.51. The molecule has 0 amide bonds. The van der Waals surface area contributed by atoms with Gasteiger partial charge in [-0.05, 0) is 56.0 Å². The van der Waals surface area contributed by atoms with Crippen LogP contribution in [0.2, 0.25) is 0 Å². The lowest BCUT2D eigenvalue weighted by molar-refractivity contribution is 0.411. The second-order valence-corrected chi connectivity index (χ2v) is 7.82. The fourth-order valence-electron chi connectivity index (χ4n) is 3.99. The lowest BCUT2D eigenvalue weighted by Crippen LogP contribution is -2.20. The molecule has 1 aliphatic heterocycles. The van der Waals surface area contributed by atoms with Crippen LogP contribution in [0.25, 0.3) is 16.7 Å². The molecule has 3 aromatic heterocycles. The first-order chi connectivity index (χ1) is 15.1. The van der Waals surface area contributed by atoms with Gasteiger partial charge < -0.3 is 19.5 Å². The lowest BCUT2D eigenvalue weighted by Gasteiger charge is -2.18. The van der Waals surface area contributed by atoms with E-state index in [2.05, 4.69) is 45.1 Å². The van der Waals surface area contributed by atoms with Crippen molar-refractivity contribution in [2.45, 2.75) is 26.7 Å². The molecule has 8 nitrogen and oxygen atoms in total. The van der Waals surface area contributed by atoms with Gasteiger partial charge in [0.15, 0.2) is 11.5 Å². The molecule has 0 unspecified atom stereocenters. The van der Waals surface area contributed by atoms with Gasteiger partial charge in [-0.3, -0.25) is 0 Å². The fourth-order valence-corrected chi connectivity index (χ4v) is 3.99. The van der Waals surface area contributed by atoms with Crippen LogP contribution in [0.4, 0.5) is 17.6 Å². The third-order valence-electron chi connectivity index (χ3n) is 5.80. The molecule has 0 radical (unpaired) electrons. The molecule has 4 aromatic rings. The van der Waals surface area contributed by atoms with Crippen LogP contribution in [0.5, 0.6) is 5.75 Å². The maximum Gasteiger partial charge on any atom is 0.232 e. The summed E-state index contributed by atoms with van der Waals surface area (Å²) in [5.74, 6) is 2.95. The second-order valence-electron chi connectivity index (χ2n) is 7.82. The van der Waals surface area contributed by atoms with Crippen LogP contribution in [0.15, 0.2) is 43.0 Å². The van der Waals surface area contributed by atoms with Crippen LogP contribution in [-0.2, 0) is 0 Å². The number of rotatable bonds is 5. The van der Waals surface area contributed by atoms with Gasteiger partial charge in [0, 0.05) is 25.4 Å². The summed E-state index contributed by atoms with van der Waals surface area (Å²) in [6.07, 6.45) is 7.81. The van der Waals surface area contributed by atoms with Crippen LogP contribution >= 0.6 is 0 Å². The van der Waals surface area contributed by atoms with E-state index in [-0.39, 0.29) is 0 Å². The van der Waals surface area contributed by atoms with E-state index in [4.69, 9.17) is 9.72 Å². The summed E-state index contributed by atoms with van der Waals surface area (Å²) in [5.41, 5.74) is 3.97. The van der Waals surface area contributed by atoms with Crippen molar-refractivity contribution in [1.82, 2.24) is 24.5 Å². The molecule has 158 valence electrons. The molecule has 0 spiro atoms. The van der Waals surface area contributed by atoms with E-state index in [1.54, 1.807) is 19.6 Å². The minimum absolute atomic E-state index is 0.496. The molecule has 1 aromatic carbocycles. The van der Waals surface area contributed by atoms with E-state index in [1.807, 2.05) is 29.0 Å². The number of hydrogen-bond acceptors (Lipinski definition) is 7. The SMILES string of the molecule is COc1cc(-n2cnc(Nc3nc(N4CCCC4)c4cccnc4n3)c2)cc(C)c1C. The van der Waals surface area contributed by atoms with E-state index >= 15 is 0 Å². The first-order valence-corrected chi connectivity index (χ1v) is 10.5. The summed E-state index contributed by atoms with van der Waals surface area (Å²) in [6.45, 7) is 6.14. The highest BCUT2D eigenvalue weighted by atomic mass is 16.5. The van der Waals surface area contributed by atoms with E-state index in [0.29, 0.717) is 17.4 Å². The quantitative estimate of drug-likeness (QED) is 0.524. The smallest absolute Gasteiger partial charge is 0.232 e. The van der Waals surface area contributed by atoms with Crippen LogP contribution in [0, 0.1) is 13.8 Å². The molecule has 1 saturated heterocycles. The zero-order chi connectivity index (χ0) is 21.4. The minimum Gasteiger partial charge on any atom is -0.496 e. The molecule has 8 heteroatoms. The molecule has 0 saturated carbocycles. The highest BCUT2D eigenvalue weighted by Crippen LogP contribution is 2.29. The number of benzene rings is 1. The zero-order valence-electron chi connectivity index (χ0n) is 18.0. The lowest BCUT2D eigenvalue weighted by atomic mass is 10.1. The van der Waals surface area contributed by atoms with Gasteiger partial charge in [-0.2, -0.15) is 9.97 Å². The van der Waals surface area contributed by atoms with Crippen LogP contribution in [-0.4, -0.2) is 44.7 Å². The molecule has 1 fully saturated rings. The Balaban J connectivity index is 1.47. The molecular weight excluding hydrogens is 390 g/mol. The minimum atomic E-state index is 0.496. The Bertz CT molecular complexity index is 1240.